The van der Waals surface area contributed by atoms with Gasteiger partial charge in [-0.15, -0.1) is 0 Å². The van der Waals surface area contributed by atoms with Gasteiger partial charge in [-0.3, -0.25) is 4.79 Å². The van der Waals surface area contributed by atoms with E-state index in [2.05, 4.69) is 0 Å². The number of aliphatic carboxylic acids is 1. The molecular weight excluding hydrogens is 208 g/mol. The molecule has 1 aliphatic rings. The number of rotatable bonds is 3. The molecule has 1 aromatic carbocycles. The Morgan fingerprint density at radius 2 is 1.94 bits per heavy atom. The Balaban J connectivity index is 1.92. The molecule has 2 unspecified atom stereocenters. The normalized spacial score (nSPS) is 24.2. The number of hydrogen-bond acceptors (Lipinski definition) is 3. The minimum absolute atomic E-state index is 0.0226. The van der Waals surface area contributed by atoms with E-state index >= 15 is 0 Å². The van der Waals surface area contributed by atoms with Crippen molar-refractivity contribution in [3.63, 3.8) is 0 Å². The van der Waals surface area contributed by atoms with Gasteiger partial charge in [-0.05, 0) is 43.5 Å². The van der Waals surface area contributed by atoms with Crippen LogP contribution in [0.3, 0.4) is 0 Å². The van der Waals surface area contributed by atoms with Gasteiger partial charge in [-0.1, -0.05) is 0 Å². The highest BCUT2D eigenvalue weighted by molar-refractivity contribution is 5.70. The van der Waals surface area contributed by atoms with E-state index in [9.17, 15) is 4.79 Å². The van der Waals surface area contributed by atoms with E-state index in [-0.39, 0.29) is 17.8 Å². The first kappa shape index (κ1) is 10.8. The number of carbonyl (C=O) groups is 1. The van der Waals surface area contributed by atoms with Crippen LogP contribution in [0.2, 0.25) is 0 Å². The zero-order chi connectivity index (χ0) is 11.5. The molecule has 0 spiro atoms. The lowest BCUT2D eigenvalue weighted by Crippen LogP contribution is -2.15. The molecule has 0 saturated heterocycles. The predicted octanol–water partition coefficient (Wildman–Crippen LogP) is 2.02. The standard InChI is InChI=1S/C12H14O4/c13-9-2-5-10(6-3-9)16-11-4-1-8(7-11)12(14)15/h2-3,5-6,8,11,13H,1,4,7H2,(H,14,15). The van der Waals surface area contributed by atoms with Crippen LogP contribution in [0.5, 0.6) is 11.5 Å². The second-order valence-corrected chi connectivity index (χ2v) is 4.08. The van der Waals surface area contributed by atoms with Crippen molar-refractivity contribution in [3.05, 3.63) is 24.3 Å². The van der Waals surface area contributed by atoms with Gasteiger partial charge in [0.05, 0.1) is 12.0 Å². The molecule has 0 amide bonds. The van der Waals surface area contributed by atoms with Gasteiger partial charge in [-0.25, -0.2) is 0 Å². The molecule has 4 heteroatoms. The highest BCUT2D eigenvalue weighted by atomic mass is 16.5. The summed E-state index contributed by atoms with van der Waals surface area (Å²) in [5.74, 6) is -0.144. The maximum atomic E-state index is 10.8. The molecule has 0 radical (unpaired) electrons. The van der Waals surface area contributed by atoms with Crippen molar-refractivity contribution in [1.82, 2.24) is 0 Å². The molecule has 16 heavy (non-hydrogen) atoms. The van der Waals surface area contributed by atoms with E-state index in [4.69, 9.17) is 14.9 Å². The zero-order valence-electron chi connectivity index (χ0n) is 8.80. The zero-order valence-corrected chi connectivity index (χ0v) is 8.80. The van der Waals surface area contributed by atoms with Gasteiger partial charge < -0.3 is 14.9 Å². The first-order chi connectivity index (χ1) is 7.65. The van der Waals surface area contributed by atoms with Crippen LogP contribution in [0.1, 0.15) is 19.3 Å². The van der Waals surface area contributed by atoms with Crippen molar-refractivity contribution in [2.75, 3.05) is 0 Å². The van der Waals surface area contributed by atoms with Crippen molar-refractivity contribution in [1.29, 1.82) is 0 Å². The van der Waals surface area contributed by atoms with Crippen LogP contribution < -0.4 is 4.74 Å². The van der Waals surface area contributed by atoms with Gasteiger partial charge in [0.15, 0.2) is 0 Å². The molecule has 2 atom stereocenters. The fourth-order valence-electron chi connectivity index (χ4n) is 1.99. The van der Waals surface area contributed by atoms with Gasteiger partial charge in [0.25, 0.3) is 0 Å². The van der Waals surface area contributed by atoms with Gasteiger partial charge in [0, 0.05) is 0 Å². The lowest BCUT2D eigenvalue weighted by Gasteiger charge is -2.13. The fraction of sp³-hybridized carbons (Fsp3) is 0.417. The van der Waals surface area contributed by atoms with Gasteiger partial charge in [-0.2, -0.15) is 0 Å². The molecule has 2 N–H and O–H groups in total. The third-order valence-electron chi connectivity index (χ3n) is 2.87. The Labute approximate surface area is 93.5 Å². The summed E-state index contributed by atoms with van der Waals surface area (Å²) in [5.41, 5.74) is 0. The summed E-state index contributed by atoms with van der Waals surface area (Å²) >= 11 is 0. The van der Waals surface area contributed by atoms with Crippen molar-refractivity contribution < 1.29 is 19.7 Å². The lowest BCUT2D eigenvalue weighted by atomic mass is 10.1. The summed E-state index contributed by atoms with van der Waals surface area (Å²) < 4.78 is 5.64. The maximum Gasteiger partial charge on any atom is 0.306 e. The largest absolute Gasteiger partial charge is 0.508 e. The molecule has 86 valence electrons. The van der Waals surface area contributed by atoms with Crippen LogP contribution in [-0.2, 0) is 4.79 Å². The first-order valence-corrected chi connectivity index (χ1v) is 5.33. The molecule has 4 nitrogen and oxygen atoms in total. The summed E-state index contributed by atoms with van der Waals surface area (Å²) in [5, 5.41) is 17.9. The highest BCUT2D eigenvalue weighted by Crippen LogP contribution is 2.29. The van der Waals surface area contributed by atoms with Crippen molar-refractivity contribution >= 4 is 5.97 Å². The second-order valence-electron chi connectivity index (χ2n) is 4.08. The molecule has 0 aliphatic heterocycles. The number of carboxylic acid groups (broad SMARTS) is 1. The number of benzene rings is 1. The van der Waals surface area contributed by atoms with Gasteiger partial charge >= 0.3 is 5.97 Å². The summed E-state index contributed by atoms with van der Waals surface area (Å²) in [6.07, 6.45) is 2.00. The maximum absolute atomic E-state index is 10.8. The molecule has 0 heterocycles. The summed E-state index contributed by atoms with van der Waals surface area (Å²) in [6, 6.07) is 6.48. The monoisotopic (exact) mass is 222 g/mol. The Morgan fingerprint density at radius 3 is 2.50 bits per heavy atom. The predicted molar refractivity (Wildman–Crippen MR) is 57.5 cm³/mol. The number of carboxylic acids is 1. The van der Waals surface area contributed by atoms with E-state index in [1.165, 1.54) is 0 Å². The Morgan fingerprint density at radius 1 is 1.25 bits per heavy atom. The van der Waals surface area contributed by atoms with Crippen LogP contribution in [0, 0.1) is 5.92 Å². The van der Waals surface area contributed by atoms with Crippen LogP contribution in [0.4, 0.5) is 0 Å². The second kappa shape index (κ2) is 4.43. The number of ether oxygens (including phenoxy) is 1. The lowest BCUT2D eigenvalue weighted by molar-refractivity contribution is -0.141. The quantitative estimate of drug-likeness (QED) is 0.821. The molecule has 0 bridgehead atoms. The minimum Gasteiger partial charge on any atom is -0.508 e. The molecule has 1 saturated carbocycles. The fourth-order valence-corrected chi connectivity index (χ4v) is 1.99. The molecule has 1 aliphatic carbocycles. The SMILES string of the molecule is O=C(O)C1CCC(Oc2ccc(O)cc2)C1. The average Bonchev–Trinajstić information content (AvgIpc) is 2.70. The van der Waals surface area contributed by atoms with Gasteiger partial charge in [0.2, 0.25) is 0 Å². The summed E-state index contributed by atoms with van der Waals surface area (Å²) in [6.45, 7) is 0. The Hall–Kier alpha value is -1.71. The Kier molecular flexibility index (Phi) is 2.99. The summed E-state index contributed by atoms with van der Waals surface area (Å²) in [4.78, 5) is 10.8. The van der Waals surface area contributed by atoms with Crippen molar-refractivity contribution in [2.45, 2.75) is 25.4 Å². The van der Waals surface area contributed by atoms with Crippen molar-refractivity contribution in [3.8, 4) is 11.5 Å². The van der Waals surface area contributed by atoms with E-state index in [1.807, 2.05) is 0 Å². The molecule has 1 aromatic rings. The number of hydrogen-bond donors (Lipinski definition) is 2. The molecular formula is C12H14O4. The number of phenolic OH excluding ortho intramolecular Hbond substituents is 1. The molecule has 2 rings (SSSR count). The van der Waals surface area contributed by atoms with E-state index in [0.717, 1.165) is 6.42 Å². The third kappa shape index (κ3) is 2.45. The van der Waals surface area contributed by atoms with E-state index in [0.29, 0.717) is 18.6 Å². The highest BCUT2D eigenvalue weighted by Gasteiger charge is 2.30. The Bertz CT molecular complexity index is 371. The smallest absolute Gasteiger partial charge is 0.306 e. The van der Waals surface area contributed by atoms with E-state index in [1.54, 1.807) is 24.3 Å². The van der Waals surface area contributed by atoms with Crippen LogP contribution >= 0.6 is 0 Å². The van der Waals surface area contributed by atoms with Crippen LogP contribution in [-0.4, -0.2) is 22.3 Å². The number of aromatic hydroxyl groups is 1. The molecule has 0 aromatic heterocycles. The first-order valence-electron chi connectivity index (χ1n) is 5.33. The van der Waals surface area contributed by atoms with Gasteiger partial charge in [0.1, 0.15) is 11.5 Å². The number of phenols is 1. The average molecular weight is 222 g/mol. The van der Waals surface area contributed by atoms with Crippen LogP contribution in [0.15, 0.2) is 24.3 Å². The topological polar surface area (TPSA) is 66.8 Å². The van der Waals surface area contributed by atoms with Crippen molar-refractivity contribution in [2.24, 2.45) is 5.92 Å². The van der Waals surface area contributed by atoms with Crippen LogP contribution in [0.25, 0.3) is 0 Å². The third-order valence-corrected chi connectivity index (χ3v) is 2.87. The molecule has 1 fully saturated rings. The minimum atomic E-state index is -0.739. The van der Waals surface area contributed by atoms with E-state index < -0.39 is 5.97 Å². The summed E-state index contributed by atoms with van der Waals surface area (Å²) in [7, 11) is 0.